The Morgan fingerprint density at radius 2 is 1.76 bits per heavy atom. The van der Waals surface area contributed by atoms with Crippen LogP contribution in [0.1, 0.15) is 28.5 Å². The van der Waals surface area contributed by atoms with Crippen molar-refractivity contribution < 1.29 is 19.1 Å². The third kappa shape index (κ3) is 5.10. The van der Waals surface area contributed by atoms with E-state index in [1.54, 1.807) is 0 Å². The molecule has 0 spiro atoms. The molecule has 0 aliphatic carbocycles. The van der Waals surface area contributed by atoms with E-state index >= 15 is 0 Å². The van der Waals surface area contributed by atoms with Crippen LogP contribution in [0.15, 0.2) is 54.6 Å². The molecule has 6 nitrogen and oxygen atoms in total. The lowest BCUT2D eigenvalue weighted by Gasteiger charge is -2.13. The predicted octanol–water partition coefficient (Wildman–Crippen LogP) is 3.46. The van der Waals surface area contributed by atoms with Crippen molar-refractivity contribution in [2.24, 2.45) is 0 Å². The van der Waals surface area contributed by atoms with Gasteiger partial charge in [0, 0.05) is 11.1 Å². The molecule has 0 radical (unpaired) electrons. The molecule has 1 aromatic heterocycles. The third-order valence-electron chi connectivity index (χ3n) is 4.55. The smallest absolute Gasteiger partial charge is 0.339 e. The van der Waals surface area contributed by atoms with Crippen molar-refractivity contribution in [1.82, 2.24) is 10.3 Å². The van der Waals surface area contributed by atoms with Gasteiger partial charge in [-0.05, 0) is 37.1 Å². The molecule has 150 valence electrons. The molecule has 0 unspecified atom stereocenters. The average Bonchev–Trinajstić information content (AvgIpc) is 2.75. The summed E-state index contributed by atoms with van der Waals surface area (Å²) >= 11 is 0. The Bertz CT molecular complexity index is 1000. The van der Waals surface area contributed by atoms with Gasteiger partial charge in [-0.3, -0.25) is 9.78 Å². The number of aryl methyl sites for hydroxylation is 1. The summed E-state index contributed by atoms with van der Waals surface area (Å²) in [5, 5.41) is 3.41. The molecule has 0 aliphatic rings. The van der Waals surface area contributed by atoms with E-state index in [2.05, 4.69) is 10.3 Å². The second-order valence-electron chi connectivity index (χ2n) is 6.52. The highest BCUT2D eigenvalue weighted by molar-refractivity contribution is 6.05. The van der Waals surface area contributed by atoms with Crippen molar-refractivity contribution in [3.8, 4) is 5.75 Å². The molecule has 0 fully saturated rings. The molecule has 0 saturated carbocycles. The first-order chi connectivity index (χ1) is 14.1. The van der Waals surface area contributed by atoms with Crippen LogP contribution in [0, 0.1) is 6.92 Å². The molecule has 0 bridgehead atoms. The minimum absolute atomic E-state index is 0.322. The van der Waals surface area contributed by atoms with Gasteiger partial charge in [0.25, 0.3) is 5.91 Å². The number of pyridine rings is 1. The fourth-order valence-electron chi connectivity index (χ4n) is 3.10. The molecular weight excluding hydrogens is 368 g/mol. The quantitative estimate of drug-likeness (QED) is 0.469. The molecule has 1 N–H and O–H groups in total. The summed E-state index contributed by atoms with van der Waals surface area (Å²) in [5.74, 6) is -0.159. The number of aromatic nitrogens is 1. The Hall–Kier alpha value is -3.41. The molecule has 0 aliphatic heterocycles. The normalized spacial score (nSPS) is 10.6. The molecule has 0 atom stereocenters. The first-order valence-corrected chi connectivity index (χ1v) is 9.60. The summed E-state index contributed by atoms with van der Waals surface area (Å²) in [4.78, 5) is 29.3. The van der Waals surface area contributed by atoms with E-state index in [-0.39, 0.29) is 12.5 Å². The van der Waals surface area contributed by atoms with Gasteiger partial charge >= 0.3 is 5.97 Å². The second-order valence-corrected chi connectivity index (χ2v) is 6.52. The Balaban J connectivity index is 1.56. The molecule has 3 rings (SSSR count). The summed E-state index contributed by atoms with van der Waals surface area (Å²) in [6.07, 6.45) is 0.707. The maximum atomic E-state index is 12.7. The van der Waals surface area contributed by atoms with Crippen LogP contribution in [0.25, 0.3) is 10.9 Å². The van der Waals surface area contributed by atoms with Crippen molar-refractivity contribution in [2.75, 3.05) is 19.8 Å². The minimum Gasteiger partial charge on any atom is -0.492 e. The highest BCUT2D eigenvalue weighted by Gasteiger charge is 2.19. The first kappa shape index (κ1) is 20.3. The van der Waals surface area contributed by atoms with Crippen LogP contribution < -0.4 is 10.1 Å². The van der Waals surface area contributed by atoms with Gasteiger partial charge in [0.15, 0.2) is 6.61 Å². The van der Waals surface area contributed by atoms with Crippen LogP contribution in [-0.2, 0) is 16.0 Å². The standard InChI is InChI=1S/C23H24N2O4/c1-3-19-16(2)22(18-11-7-8-12-20(18)25-19)23(27)29-15-21(26)24-13-14-28-17-9-5-4-6-10-17/h4-12H,3,13-15H2,1-2H3,(H,24,26). The van der Waals surface area contributed by atoms with Crippen molar-refractivity contribution >= 4 is 22.8 Å². The zero-order valence-electron chi connectivity index (χ0n) is 16.6. The van der Waals surface area contributed by atoms with E-state index in [1.807, 2.05) is 68.4 Å². The Morgan fingerprint density at radius 3 is 2.52 bits per heavy atom. The van der Waals surface area contributed by atoms with Crippen molar-refractivity contribution in [1.29, 1.82) is 0 Å². The van der Waals surface area contributed by atoms with Crippen LogP contribution in [0.4, 0.5) is 0 Å². The van der Waals surface area contributed by atoms with Gasteiger partial charge in [0.05, 0.1) is 17.6 Å². The number of esters is 1. The largest absolute Gasteiger partial charge is 0.492 e. The topological polar surface area (TPSA) is 77.5 Å². The number of rotatable bonds is 8. The molecule has 1 heterocycles. The monoisotopic (exact) mass is 392 g/mol. The molecule has 6 heteroatoms. The minimum atomic E-state index is -0.522. The summed E-state index contributed by atoms with van der Waals surface area (Å²) in [7, 11) is 0. The van der Waals surface area contributed by atoms with Crippen LogP contribution in [0.2, 0.25) is 0 Å². The molecule has 0 saturated heterocycles. The number of ether oxygens (including phenoxy) is 2. The number of fused-ring (bicyclic) bond motifs is 1. The van der Waals surface area contributed by atoms with E-state index < -0.39 is 5.97 Å². The van der Waals surface area contributed by atoms with Gasteiger partial charge in [-0.1, -0.05) is 43.3 Å². The van der Waals surface area contributed by atoms with Gasteiger partial charge in [-0.15, -0.1) is 0 Å². The van der Waals surface area contributed by atoms with Crippen molar-refractivity contribution in [3.63, 3.8) is 0 Å². The first-order valence-electron chi connectivity index (χ1n) is 9.60. The fourth-order valence-corrected chi connectivity index (χ4v) is 3.10. The number of carbonyl (C=O) groups excluding carboxylic acids is 2. The van der Waals surface area contributed by atoms with Gasteiger partial charge in [0.1, 0.15) is 12.4 Å². The lowest BCUT2D eigenvalue weighted by Crippen LogP contribution is -2.32. The zero-order valence-corrected chi connectivity index (χ0v) is 16.6. The molecule has 2 aromatic carbocycles. The van der Waals surface area contributed by atoms with Gasteiger partial charge in [0.2, 0.25) is 0 Å². The van der Waals surface area contributed by atoms with E-state index in [0.717, 1.165) is 27.9 Å². The zero-order chi connectivity index (χ0) is 20.6. The maximum absolute atomic E-state index is 12.7. The van der Waals surface area contributed by atoms with Gasteiger partial charge in [-0.2, -0.15) is 0 Å². The van der Waals surface area contributed by atoms with E-state index in [9.17, 15) is 9.59 Å². The summed E-state index contributed by atoms with van der Waals surface area (Å²) < 4.78 is 10.8. The van der Waals surface area contributed by atoms with Crippen molar-refractivity contribution in [3.05, 3.63) is 71.4 Å². The summed E-state index contributed by atoms with van der Waals surface area (Å²) in [6, 6.07) is 16.8. The van der Waals surface area contributed by atoms with Crippen LogP contribution >= 0.6 is 0 Å². The fraction of sp³-hybridized carbons (Fsp3) is 0.261. The highest BCUT2D eigenvalue weighted by atomic mass is 16.5. The number of nitrogens with zero attached hydrogens (tertiary/aromatic N) is 1. The predicted molar refractivity (Wildman–Crippen MR) is 111 cm³/mol. The van der Waals surface area contributed by atoms with Crippen LogP contribution in [0.3, 0.4) is 0 Å². The lowest BCUT2D eigenvalue weighted by atomic mass is 10.0. The van der Waals surface area contributed by atoms with Gasteiger partial charge < -0.3 is 14.8 Å². The van der Waals surface area contributed by atoms with E-state index in [4.69, 9.17) is 9.47 Å². The number of hydrogen-bond donors (Lipinski definition) is 1. The third-order valence-corrected chi connectivity index (χ3v) is 4.55. The van der Waals surface area contributed by atoms with Gasteiger partial charge in [-0.25, -0.2) is 4.79 Å². The molecule has 1 amide bonds. The SMILES string of the molecule is CCc1nc2ccccc2c(C(=O)OCC(=O)NCCOc2ccccc2)c1C. The van der Waals surface area contributed by atoms with Crippen molar-refractivity contribution in [2.45, 2.75) is 20.3 Å². The Kier molecular flexibility index (Phi) is 6.79. The second kappa shape index (κ2) is 9.68. The number of hydrogen-bond acceptors (Lipinski definition) is 5. The van der Waals surface area contributed by atoms with Crippen LogP contribution in [-0.4, -0.2) is 36.6 Å². The average molecular weight is 392 g/mol. The Morgan fingerprint density at radius 1 is 1.03 bits per heavy atom. The number of benzene rings is 2. The highest BCUT2D eigenvalue weighted by Crippen LogP contribution is 2.24. The number of amides is 1. The molecule has 29 heavy (non-hydrogen) atoms. The summed E-state index contributed by atoms with van der Waals surface area (Å²) in [6.45, 7) is 4.15. The molecule has 3 aromatic rings. The number of carbonyl (C=O) groups is 2. The summed E-state index contributed by atoms with van der Waals surface area (Å²) in [5.41, 5.74) is 2.84. The molecular formula is C23H24N2O4. The maximum Gasteiger partial charge on any atom is 0.339 e. The van der Waals surface area contributed by atoms with Crippen LogP contribution in [0.5, 0.6) is 5.75 Å². The van der Waals surface area contributed by atoms with E-state index in [1.165, 1.54) is 0 Å². The Labute approximate surface area is 169 Å². The number of nitrogens with one attached hydrogen (secondary N) is 1. The van der Waals surface area contributed by atoms with E-state index in [0.29, 0.717) is 25.1 Å². The lowest BCUT2D eigenvalue weighted by molar-refractivity contribution is -0.124. The number of para-hydroxylation sites is 2.